The van der Waals surface area contributed by atoms with E-state index in [1.54, 1.807) is 30.6 Å². The van der Waals surface area contributed by atoms with Crippen molar-refractivity contribution in [3.8, 4) is 5.75 Å². The normalized spacial score (nSPS) is 22.9. The molecule has 0 bridgehead atoms. The lowest BCUT2D eigenvalue weighted by Crippen LogP contribution is -2.62. The molecule has 2 fully saturated rings. The molecule has 4 rings (SSSR count). The van der Waals surface area contributed by atoms with Crippen LogP contribution in [0.25, 0.3) is 0 Å². The Hall–Kier alpha value is -2.26. The van der Waals surface area contributed by atoms with E-state index in [0.29, 0.717) is 36.5 Å². The van der Waals surface area contributed by atoms with Gasteiger partial charge in [0.15, 0.2) is 5.76 Å². The van der Waals surface area contributed by atoms with Gasteiger partial charge in [-0.3, -0.25) is 9.78 Å². The van der Waals surface area contributed by atoms with Gasteiger partial charge in [0.1, 0.15) is 23.7 Å². The van der Waals surface area contributed by atoms with Crippen molar-refractivity contribution in [2.45, 2.75) is 84.0 Å². The zero-order valence-corrected chi connectivity index (χ0v) is 21.4. The van der Waals surface area contributed by atoms with Crippen LogP contribution in [-0.4, -0.2) is 44.1 Å². The first kappa shape index (κ1) is 27.3. The predicted octanol–water partition coefficient (Wildman–Crippen LogP) is 5.34. The molecule has 35 heavy (non-hydrogen) atoms. The molecule has 0 unspecified atom stereocenters. The van der Waals surface area contributed by atoms with E-state index in [9.17, 15) is 9.90 Å². The number of halogens is 3. The van der Waals surface area contributed by atoms with E-state index >= 15 is 8.78 Å². The Kier molecular flexibility index (Phi) is 7.54. The Morgan fingerprint density at radius 1 is 1.26 bits per heavy atom. The predicted molar refractivity (Wildman–Crippen MR) is 127 cm³/mol. The molecule has 194 valence electrons. The van der Waals surface area contributed by atoms with Crippen LogP contribution in [-0.2, 0) is 11.4 Å². The van der Waals surface area contributed by atoms with Crippen LogP contribution in [0.5, 0.6) is 5.75 Å². The van der Waals surface area contributed by atoms with Crippen LogP contribution in [0.2, 0.25) is 0 Å². The van der Waals surface area contributed by atoms with Crippen LogP contribution in [0, 0.1) is 10.8 Å². The first-order chi connectivity index (χ1) is 15.8. The zero-order chi connectivity index (χ0) is 24.8. The average Bonchev–Trinajstić information content (AvgIpc) is 3.39. The molecule has 7 nitrogen and oxygen atoms in total. The fraction of sp³-hybridized carbons (Fsp3) is 0.640. The maximum atomic E-state index is 15.7. The molecule has 1 saturated carbocycles. The highest BCUT2D eigenvalue weighted by molar-refractivity contribution is 5.86. The fourth-order valence-corrected chi connectivity index (χ4v) is 6.13. The number of aromatic nitrogens is 2. The molecular formula is C25H34ClF2N3O4. The molecule has 1 atom stereocenters. The van der Waals surface area contributed by atoms with Gasteiger partial charge in [0.25, 0.3) is 5.91 Å². The first-order valence-electron chi connectivity index (χ1n) is 11.7. The van der Waals surface area contributed by atoms with Gasteiger partial charge in [-0.25, -0.2) is 0 Å². The zero-order valence-electron chi connectivity index (χ0n) is 20.6. The Morgan fingerprint density at radius 3 is 2.57 bits per heavy atom. The SMILES string of the molecule is CC1(C)CC(C)(C)CC(O)(C(F)(F)C(=O)N2CCC[C@H]2c2cc(COc3cccnc3)on2)C1.Cl. The Bertz CT molecular complexity index is 1010. The summed E-state index contributed by atoms with van der Waals surface area (Å²) in [5.41, 5.74) is -3.03. The third kappa shape index (κ3) is 5.61. The van der Waals surface area contributed by atoms with E-state index < -0.39 is 34.3 Å². The quantitative estimate of drug-likeness (QED) is 0.561. The van der Waals surface area contributed by atoms with Crippen LogP contribution in [0.4, 0.5) is 8.78 Å². The molecule has 2 aromatic heterocycles. The number of pyridine rings is 1. The number of alkyl halides is 2. The summed E-state index contributed by atoms with van der Waals surface area (Å²) < 4.78 is 42.4. The number of likely N-dealkylation sites (tertiary alicyclic amines) is 1. The third-order valence-electron chi connectivity index (χ3n) is 6.80. The van der Waals surface area contributed by atoms with Gasteiger partial charge in [-0.1, -0.05) is 32.9 Å². The number of aliphatic hydroxyl groups is 1. The largest absolute Gasteiger partial charge is 0.484 e. The number of carbonyl (C=O) groups excluding carboxylic acids is 1. The Balaban J connectivity index is 0.00000342. The number of carbonyl (C=O) groups is 1. The minimum absolute atomic E-state index is 0. The van der Waals surface area contributed by atoms with Crippen LogP contribution >= 0.6 is 12.4 Å². The highest BCUT2D eigenvalue weighted by atomic mass is 35.5. The highest BCUT2D eigenvalue weighted by Crippen LogP contribution is 2.55. The lowest BCUT2D eigenvalue weighted by molar-refractivity contribution is -0.231. The van der Waals surface area contributed by atoms with Gasteiger partial charge in [0.2, 0.25) is 0 Å². The van der Waals surface area contributed by atoms with E-state index in [2.05, 4.69) is 10.1 Å². The molecule has 2 aliphatic rings. The number of hydrogen-bond donors (Lipinski definition) is 1. The minimum Gasteiger partial charge on any atom is -0.484 e. The maximum absolute atomic E-state index is 15.7. The molecule has 2 aromatic rings. The lowest BCUT2D eigenvalue weighted by atomic mass is 9.58. The molecule has 1 aliphatic heterocycles. The van der Waals surface area contributed by atoms with Gasteiger partial charge >= 0.3 is 5.92 Å². The number of nitrogens with zero attached hydrogens (tertiary/aromatic N) is 3. The van der Waals surface area contributed by atoms with Crippen molar-refractivity contribution < 1.29 is 27.9 Å². The van der Waals surface area contributed by atoms with Gasteiger partial charge in [-0.2, -0.15) is 8.78 Å². The average molecular weight is 514 g/mol. The van der Waals surface area contributed by atoms with Crippen molar-refractivity contribution in [2.75, 3.05) is 6.54 Å². The summed E-state index contributed by atoms with van der Waals surface area (Å²) in [5.74, 6) is -4.29. The molecule has 0 spiro atoms. The van der Waals surface area contributed by atoms with E-state index in [1.165, 1.54) is 0 Å². The smallest absolute Gasteiger partial charge is 0.352 e. The maximum Gasteiger partial charge on any atom is 0.352 e. The fourth-order valence-electron chi connectivity index (χ4n) is 6.13. The topological polar surface area (TPSA) is 88.7 Å². The highest BCUT2D eigenvalue weighted by Gasteiger charge is 2.65. The summed E-state index contributed by atoms with van der Waals surface area (Å²) in [6, 6.07) is 4.49. The summed E-state index contributed by atoms with van der Waals surface area (Å²) in [6.07, 6.45) is 4.67. The van der Waals surface area contributed by atoms with Crippen molar-refractivity contribution in [2.24, 2.45) is 10.8 Å². The summed E-state index contributed by atoms with van der Waals surface area (Å²) in [5, 5.41) is 15.2. The van der Waals surface area contributed by atoms with Crippen LogP contribution < -0.4 is 4.74 Å². The Labute approximate surface area is 210 Å². The van der Waals surface area contributed by atoms with E-state index in [1.807, 2.05) is 27.7 Å². The molecule has 0 aromatic carbocycles. The molecule has 1 N–H and O–H groups in total. The van der Waals surface area contributed by atoms with Gasteiger partial charge in [0, 0.05) is 18.8 Å². The lowest BCUT2D eigenvalue weighted by Gasteiger charge is -2.51. The van der Waals surface area contributed by atoms with Crippen molar-refractivity contribution in [1.29, 1.82) is 0 Å². The van der Waals surface area contributed by atoms with E-state index in [-0.39, 0.29) is 38.4 Å². The second kappa shape index (κ2) is 9.65. The standard InChI is InChI=1S/C25H33F2N3O4.ClH/c1-22(2)14-23(3,4)16-24(32,15-22)25(26,27)21(31)30-10-6-8-20(30)19-11-18(34-29-19)13-33-17-7-5-9-28-12-17;/h5,7,9,11-12,20,32H,6,8,10,13-16H2,1-4H3;1H/t20-;/m0./s1. The number of ether oxygens (including phenoxy) is 1. The number of hydrogen-bond acceptors (Lipinski definition) is 6. The van der Waals surface area contributed by atoms with E-state index in [4.69, 9.17) is 9.26 Å². The Morgan fingerprint density at radius 2 is 1.94 bits per heavy atom. The monoisotopic (exact) mass is 513 g/mol. The number of amides is 1. The molecule has 1 saturated heterocycles. The van der Waals surface area contributed by atoms with Gasteiger partial charge < -0.3 is 19.3 Å². The molecular weight excluding hydrogens is 480 g/mol. The summed E-state index contributed by atoms with van der Waals surface area (Å²) in [4.78, 5) is 18.3. The number of rotatable bonds is 6. The second-order valence-electron chi connectivity index (χ2n) is 11.3. The van der Waals surface area contributed by atoms with Crippen molar-refractivity contribution in [1.82, 2.24) is 15.0 Å². The van der Waals surface area contributed by atoms with Gasteiger partial charge in [-0.15, -0.1) is 12.4 Å². The second-order valence-corrected chi connectivity index (χ2v) is 11.3. The van der Waals surface area contributed by atoms with Crippen molar-refractivity contribution in [3.63, 3.8) is 0 Å². The van der Waals surface area contributed by atoms with E-state index in [0.717, 1.165) is 4.90 Å². The van der Waals surface area contributed by atoms with Crippen molar-refractivity contribution in [3.05, 3.63) is 42.0 Å². The molecule has 3 heterocycles. The molecule has 1 amide bonds. The minimum atomic E-state index is -3.92. The van der Waals surface area contributed by atoms with Gasteiger partial charge in [0.05, 0.1) is 12.2 Å². The molecule has 0 radical (unpaired) electrons. The first-order valence-corrected chi connectivity index (χ1v) is 11.7. The van der Waals surface area contributed by atoms with Crippen LogP contribution in [0.3, 0.4) is 0 Å². The van der Waals surface area contributed by atoms with Crippen LogP contribution in [0.1, 0.15) is 77.3 Å². The molecule has 10 heteroatoms. The van der Waals surface area contributed by atoms with Crippen LogP contribution in [0.15, 0.2) is 35.1 Å². The summed E-state index contributed by atoms with van der Waals surface area (Å²) >= 11 is 0. The molecule has 1 aliphatic carbocycles. The van der Waals surface area contributed by atoms with Gasteiger partial charge in [-0.05, 0) is 55.1 Å². The summed E-state index contributed by atoms with van der Waals surface area (Å²) in [6.45, 7) is 7.73. The van der Waals surface area contributed by atoms with Crippen molar-refractivity contribution >= 4 is 18.3 Å². The summed E-state index contributed by atoms with van der Waals surface area (Å²) in [7, 11) is 0. The third-order valence-corrected chi connectivity index (χ3v) is 6.80.